The van der Waals surface area contributed by atoms with Crippen LogP contribution in [0.5, 0.6) is 0 Å². The van der Waals surface area contributed by atoms with E-state index in [0.717, 1.165) is 18.4 Å². The Morgan fingerprint density at radius 2 is 1.66 bits per heavy atom. The molecule has 0 fully saturated rings. The number of carbonyl (C=O) groups is 2. The lowest BCUT2D eigenvalue weighted by Gasteiger charge is -2.15. The molecule has 5 nitrogen and oxygen atoms in total. The number of aryl methyl sites for hydroxylation is 1. The van der Waals surface area contributed by atoms with Gasteiger partial charge >= 0.3 is 0 Å². The highest BCUT2D eigenvalue weighted by Crippen LogP contribution is 2.23. The van der Waals surface area contributed by atoms with Gasteiger partial charge in [-0.25, -0.2) is 0 Å². The molecule has 0 atom stereocenters. The Hall–Kier alpha value is -3.08. The quantitative estimate of drug-likeness (QED) is 0.573. The van der Waals surface area contributed by atoms with Crippen molar-refractivity contribution in [2.75, 3.05) is 6.54 Å². The van der Waals surface area contributed by atoms with Crippen molar-refractivity contribution in [3.05, 3.63) is 71.4 Å². The Morgan fingerprint density at radius 3 is 2.45 bits per heavy atom. The monoisotopic (exact) mass is 389 g/mol. The molecule has 1 aliphatic heterocycles. The van der Waals surface area contributed by atoms with Gasteiger partial charge in [-0.3, -0.25) is 9.59 Å². The Bertz CT molecular complexity index is 983. The molecular formula is C24H27N3O2. The van der Waals surface area contributed by atoms with Gasteiger partial charge in [-0.2, -0.15) is 0 Å². The van der Waals surface area contributed by atoms with Gasteiger partial charge in [0.05, 0.1) is 0 Å². The van der Waals surface area contributed by atoms with Crippen LogP contribution in [-0.2, 0) is 29.1 Å². The topological polar surface area (TPSA) is 65.2 Å². The summed E-state index contributed by atoms with van der Waals surface area (Å²) >= 11 is 0. The number of aromatic nitrogens is 1. The summed E-state index contributed by atoms with van der Waals surface area (Å²) in [6.45, 7) is 1.96. The normalized spacial score (nSPS) is 12.9. The number of nitrogens with zero attached hydrogens (tertiary/aromatic N) is 1. The van der Waals surface area contributed by atoms with Gasteiger partial charge in [0.1, 0.15) is 0 Å². The van der Waals surface area contributed by atoms with Gasteiger partial charge < -0.3 is 15.2 Å². The third-order valence-corrected chi connectivity index (χ3v) is 5.61. The molecule has 150 valence electrons. The third-order valence-electron chi connectivity index (χ3n) is 5.61. The Balaban J connectivity index is 1.11. The first-order valence-corrected chi connectivity index (χ1v) is 10.4. The summed E-state index contributed by atoms with van der Waals surface area (Å²) < 4.78 is 0. The third kappa shape index (κ3) is 4.67. The molecule has 0 saturated carbocycles. The number of amides is 2. The number of hydrogen-bond acceptors (Lipinski definition) is 2. The van der Waals surface area contributed by atoms with Crippen LogP contribution in [0.25, 0.3) is 10.9 Å². The van der Waals surface area contributed by atoms with Gasteiger partial charge in [0.15, 0.2) is 0 Å². The van der Waals surface area contributed by atoms with Gasteiger partial charge in [0.25, 0.3) is 0 Å². The largest absolute Gasteiger partial charge is 0.361 e. The average Bonchev–Trinajstić information content (AvgIpc) is 3.35. The first-order chi connectivity index (χ1) is 14.2. The van der Waals surface area contributed by atoms with Crippen LogP contribution in [0.1, 0.15) is 42.4 Å². The molecule has 3 aromatic rings. The van der Waals surface area contributed by atoms with Crippen LogP contribution in [0.3, 0.4) is 0 Å². The van der Waals surface area contributed by atoms with Crippen molar-refractivity contribution < 1.29 is 9.59 Å². The van der Waals surface area contributed by atoms with E-state index in [9.17, 15) is 9.59 Å². The lowest BCUT2D eigenvalue weighted by atomic mass is 10.1. The van der Waals surface area contributed by atoms with Crippen molar-refractivity contribution in [1.29, 1.82) is 0 Å². The highest BCUT2D eigenvalue weighted by atomic mass is 16.2. The van der Waals surface area contributed by atoms with E-state index in [0.29, 0.717) is 38.9 Å². The molecule has 5 heteroatoms. The summed E-state index contributed by atoms with van der Waals surface area (Å²) in [4.78, 5) is 29.6. The van der Waals surface area contributed by atoms with E-state index in [4.69, 9.17) is 0 Å². The van der Waals surface area contributed by atoms with Crippen molar-refractivity contribution in [3.8, 4) is 0 Å². The fourth-order valence-corrected chi connectivity index (χ4v) is 4.00. The summed E-state index contributed by atoms with van der Waals surface area (Å²) in [6, 6.07) is 16.4. The molecule has 0 spiro atoms. The maximum atomic E-state index is 12.4. The SMILES string of the molecule is O=C(CCCc1c[nH]c2ccccc12)NCCCC(=O)N1Cc2ccccc2C1. The number of para-hydroxylation sites is 1. The molecule has 0 radical (unpaired) electrons. The van der Waals surface area contributed by atoms with Crippen LogP contribution >= 0.6 is 0 Å². The molecule has 0 aliphatic carbocycles. The molecule has 1 aliphatic rings. The Kier molecular flexibility index (Phi) is 5.94. The molecule has 2 amide bonds. The molecule has 29 heavy (non-hydrogen) atoms. The molecular weight excluding hydrogens is 362 g/mol. The van der Waals surface area contributed by atoms with Crippen LogP contribution < -0.4 is 5.32 Å². The second-order valence-corrected chi connectivity index (χ2v) is 7.69. The standard InChI is InChI=1S/C24H27N3O2/c28-23(12-5-9-18-15-26-22-11-4-3-10-21(18)22)25-14-6-13-24(29)27-16-19-7-1-2-8-20(19)17-27/h1-4,7-8,10-11,15,26H,5-6,9,12-14,16-17H2,(H,25,28). The fraction of sp³-hybridized carbons (Fsp3) is 0.333. The molecule has 0 bridgehead atoms. The summed E-state index contributed by atoms with van der Waals surface area (Å²) in [6.07, 6.45) is 5.40. The predicted molar refractivity (Wildman–Crippen MR) is 114 cm³/mol. The molecule has 0 saturated heterocycles. The zero-order valence-electron chi connectivity index (χ0n) is 16.6. The number of benzene rings is 2. The summed E-state index contributed by atoms with van der Waals surface area (Å²) in [5.41, 5.74) is 4.87. The van der Waals surface area contributed by atoms with Crippen LogP contribution in [0.15, 0.2) is 54.7 Å². The van der Waals surface area contributed by atoms with Crippen LogP contribution in [0, 0.1) is 0 Å². The molecule has 1 aromatic heterocycles. The fourth-order valence-electron chi connectivity index (χ4n) is 4.00. The zero-order chi connectivity index (χ0) is 20.1. The van der Waals surface area contributed by atoms with Crippen LogP contribution in [0.2, 0.25) is 0 Å². The average molecular weight is 389 g/mol. The van der Waals surface area contributed by atoms with E-state index in [1.54, 1.807) is 0 Å². The smallest absolute Gasteiger partial charge is 0.223 e. The van der Waals surface area contributed by atoms with E-state index in [2.05, 4.69) is 34.6 Å². The van der Waals surface area contributed by atoms with Gasteiger partial charge in [0, 0.05) is 49.6 Å². The first kappa shape index (κ1) is 19.2. The summed E-state index contributed by atoms with van der Waals surface area (Å²) in [7, 11) is 0. The van der Waals surface area contributed by atoms with E-state index in [-0.39, 0.29) is 11.8 Å². The number of rotatable bonds is 8. The number of nitrogens with one attached hydrogen (secondary N) is 2. The highest BCUT2D eigenvalue weighted by Gasteiger charge is 2.22. The molecule has 4 rings (SSSR count). The maximum Gasteiger partial charge on any atom is 0.223 e. The van der Waals surface area contributed by atoms with Crippen molar-refractivity contribution in [1.82, 2.24) is 15.2 Å². The van der Waals surface area contributed by atoms with Gasteiger partial charge in [0.2, 0.25) is 11.8 Å². The number of H-pyrrole nitrogens is 1. The van der Waals surface area contributed by atoms with Crippen molar-refractivity contribution in [2.24, 2.45) is 0 Å². The van der Waals surface area contributed by atoms with E-state index in [1.807, 2.05) is 35.4 Å². The van der Waals surface area contributed by atoms with Crippen LogP contribution in [0.4, 0.5) is 0 Å². The van der Waals surface area contributed by atoms with Gasteiger partial charge in [-0.05, 0) is 42.0 Å². The Morgan fingerprint density at radius 1 is 0.931 bits per heavy atom. The van der Waals surface area contributed by atoms with Gasteiger partial charge in [-0.1, -0.05) is 42.5 Å². The molecule has 0 unspecified atom stereocenters. The van der Waals surface area contributed by atoms with Crippen molar-refractivity contribution in [3.63, 3.8) is 0 Å². The minimum Gasteiger partial charge on any atom is -0.361 e. The first-order valence-electron chi connectivity index (χ1n) is 10.4. The van der Waals surface area contributed by atoms with E-state index in [1.165, 1.54) is 22.1 Å². The zero-order valence-corrected chi connectivity index (χ0v) is 16.6. The predicted octanol–water partition coefficient (Wildman–Crippen LogP) is 3.93. The highest BCUT2D eigenvalue weighted by molar-refractivity contribution is 5.83. The number of aromatic amines is 1. The second kappa shape index (κ2) is 8.95. The van der Waals surface area contributed by atoms with Crippen molar-refractivity contribution in [2.45, 2.75) is 45.2 Å². The lowest BCUT2D eigenvalue weighted by molar-refractivity contribution is -0.132. The Labute approximate surface area is 171 Å². The summed E-state index contributed by atoms with van der Waals surface area (Å²) in [5.74, 6) is 0.223. The van der Waals surface area contributed by atoms with Crippen LogP contribution in [-0.4, -0.2) is 28.2 Å². The second-order valence-electron chi connectivity index (χ2n) is 7.69. The van der Waals surface area contributed by atoms with E-state index < -0.39 is 0 Å². The van der Waals surface area contributed by atoms with E-state index >= 15 is 0 Å². The maximum absolute atomic E-state index is 12.4. The van der Waals surface area contributed by atoms with Gasteiger partial charge in [-0.15, -0.1) is 0 Å². The van der Waals surface area contributed by atoms with Crippen molar-refractivity contribution >= 4 is 22.7 Å². The minimum absolute atomic E-state index is 0.0610. The lowest BCUT2D eigenvalue weighted by Crippen LogP contribution is -2.28. The molecule has 2 aromatic carbocycles. The number of hydrogen-bond donors (Lipinski definition) is 2. The molecule has 2 N–H and O–H groups in total. The summed E-state index contributed by atoms with van der Waals surface area (Å²) in [5, 5.41) is 4.18. The number of carbonyl (C=O) groups excluding carboxylic acids is 2. The minimum atomic E-state index is 0.0610. The molecule has 2 heterocycles. The number of fused-ring (bicyclic) bond motifs is 2.